The summed E-state index contributed by atoms with van der Waals surface area (Å²) in [5, 5.41) is 9.40. The van der Waals surface area contributed by atoms with Crippen molar-refractivity contribution in [1.82, 2.24) is 10.6 Å². The van der Waals surface area contributed by atoms with Crippen molar-refractivity contribution in [2.24, 2.45) is 0 Å². The lowest BCUT2D eigenvalue weighted by molar-refractivity contribution is -0.122. The molecule has 0 heterocycles. The summed E-state index contributed by atoms with van der Waals surface area (Å²) in [5.74, 6) is 2.56. The number of ether oxygens (including phenoxy) is 5. The fourth-order valence-electron chi connectivity index (χ4n) is 6.68. The van der Waals surface area contributed by atoms with Gasteiger partial charge in [-0.3, -0.25) is 14.4 Å². The second-order valence-corrected chi connectivity index (χ2v) is 11.7. The predicted octanol–water partition coefficient (Wildman–Crippen LogP) is 4.88. The zero-order valence-corrected chi connectivity index (χ0v) is 27.8. The molecule has 5 rings (SSSR count). The summed E-state index contributed by atoms with van der Waals surface area (Å²) in [5.41, 5.74) is 5.55. The minimum Gasteiger partial charge on any atom is -0.493 e. The second-order valence-electron chi connectivity index (χ2n) is 11.7. The summed E-state index contributed by atoms with van der Waals surface area (Å²) in [7, 11) is 7.90. The van der Waals surface area contributed by atoms with Crippen LogP contribution in [-0.4, -0.2) is 53.9 Å². The Morgan fingerprint density at radius 2 is 1.38 bits per heavy atom. The predicted molar refractivity (Wildman–Crippen MR) is 179 cm³/mol. The molecule has 2 amide bonds. The molecule has 11 heteroatoms. The van der Waals surface area contributed by atoms with Gasteiger partial charge in [0.2, 0.25) is 23.0 Å². The molecule has 0 bridgehead atoms. The summed E-state index contributed by atoms with van der Waals surface area (Å²) in [6.07, 6.45) is 3.68. The van der Waals surface area contributed by atoms with Crippen molar-refractivity contribution in [2.45, 2.75) is 57.5 Å². The van der Waals surface area contributed by atoms with Crippen LogP contribution in [0.4, 0.5) is 5.69 Å². The first-order valence-corrected chi connectivity index (χ1v) is 15.8. The monoisotopic (exact) mass is 645 g/mol. The van der Waals surface area contributed by atoms with Crippen LogP contribution in [0.3, 0.4) is 0 Å². The molecular weight excluding hydrogens is 602 g/mol. The van der Waals surface area contributed by atoms with E-state index in [2.05, 4.69) is 16.0 Å². The van der Waals surface area contributed by atoms with Gasteiger partial charge in [-0.15, -0.1) is 0 Å². The lowest BCUT2D eigenvalue weighted by Crippen LogP contribution is -2.27. The van der Waals surface area contributed by atoms with Gasteiger partial charge < -0.3 is 39.6 Å². The first-order valence-electron chi connectivity index (χ1n) is 15.8. The lowest BCUT2D eigenvalue weighted by Gasteiger charge is -2.19. The van der Waals surface area contributed by atoms with E-state index in [9.17, 15) is 14.4 Å². The smallest absolute Gasteiger partial charge is 0.220 e. The van der Waals surface area contributed by atoms with Crippen LogP contribution in [0, 0.1) is 0 Å². The SMILES string of the molecule is COc1cc2c(cc1OC)C(NC(=O)CCCNc1ccc3c(cc1=O)C(NC(C)=O)CCc1cc(OC)c(OC)c(OC)c1-3)CC2. The molecule has 250 valence electrons. The number of carbonyl (C=O) groups excluding carboxylic acids is 2. The molecule has 0 spiro atoms. The number of amides is 2. The zero-order chi connectivity index (χ0) is 33.7. The first-order chi connectivity index (χ1) is 22.7. The molecule has 0 saturated carbocycles. The van der Waals surface area contributed by atoms with E-state index in [-0.39, 0.29) is 23.3 Å². The van der Waals surface area contributed by atoms with Crippen LogP contribution in [0.25, 0.3) is 11.1 Å². The van der Waals surface area contributed by atoms with Crippen LogP contribution in [0.1, 0.15) is 66.9 Å². The van der Waals surface area contributed by atoms with E-state index in [0.29, 0.717) is 72.2 Å². The number of anilines is 1. The van der Waals surface area contributed by atoms with Crippen molar-refractivity contribution in [3.8, 4) is 39.9 Å². The number of aryl methyl sites for hydroxylation is 2. The summed E-state index contributed by atoms with van der Waals surface area (Å²) < 4.78 is 28.0. The van der Waals surface area contributed by atoms with Crippen molar-refractivity contribution in [1.29, 1.82) is 0 Å². The Morgan fingerprint density at radius 1 is 0.745 bits per heavy atom. The molecule has 3 aromatic carbocycles. The molecule has 2 unspecified atom stereocenters. The number of nitrogens with one attached hydrogen (secondary N) is 3. The highest BCUT2D eigenvalue weighted by Crippen LogP contribution is 2.50. The average Bonchev–Trinajstić information content (AvgIpc) is 3.29. The van der Waals surface area contributed by atoms with Gasteiger partial charge in [-0.25, -0.2) is 0 Å². The normalized spacial score (nSPS) is 16.0. The van der Waals surface area contributed by atoms with E-state index in [1.54, 1.807) is 47.7 Å². The Morgan fingerprint density at radius 3 is 2.04 bits per heavy atom. The average molecular weight is 646 g/mol. The molecule has 0 saturated heterocycles. The molecule has 0 aromatic heterocycles. The van der Waals surface area contributed by atoms with Crippen LogP contribution in [0.5, 0.6) is 28.7 Å². The molecule has 3 aromatic rings. The Kier molecular flexibility index (Phi) is 10.4. The fraction of sp³-hybridized carbons (Fsp3) is 0.417. The number of carbonyl (C=O) groups is 2. The van der Waals surface area contributed by atoms with Crippen molar-refractivity contribution >= 4 is 17.5 Å². The molecule has 2 aliphatic rings. The standard InChI is InChI=1S/C36H43N3O8/c1-20(40)38-27-13-10-22-17-32(45-4)35(46-5)36(47-6)34(22)23-11-14-28(29(41)18-25(23)27)37-15-7-8-33(42)39-26-12-9-21-16-30(43-2)31(44-3)19-24(21)26/h11,14,16-19,26-27H,7-10,12-13,15H2,1-6H3,(H,37,41)(H,38,40)(H,39,42). The van der Waals surface area contributed by atoms with Crippen LogP contribution < -0.4 is 45.1 Å². The van der Waals surface area contributed by atoms with E-state index >= 15 is 0 Å². The molecule has 0 fully saturated rings. The largest absolute Gasteiger partial charge is 0.493 e. The maximum atomic E-state index is 13.5. The quantitative estimate of drug-likeness (QED) is 0.236. The number of fused-ring (bicyclic) bond motifs is 4. The van der Waals surface area contributed by atoms with E-state index in [0.717, 1.165) is 40.7 Å². The number of hydrogen-bond donors (Lipinski definition) is 3. The maximum absolute atomic E-state index is 13.5. The van der Waals surface area contributed by atoms with Gasteiger partial charge in [0.25, 0.3) is 0 Å². The topological polar surface area (TPSA) is 133 Å². The molecule has 11 nitrogen and oxygen atoms in total. The molecule has 3 N–H and O–H groups in total. The van der Waals surface area contributed by atoms with Crippen molar-refractivity contribution < 1.29 is 33.3 Å². The van der Waals surface area contributed by atoms with E-state index < -0.39 is 6.04 Å². The first kappa shape index (κ1) is 33.4. The summed E-state index contributed by atoms with van der Waals surface area (Å²) in [4.78, 5) is 38.7. The van der Waals surface area contributed by atoms with Gasteiger partial charge >= 0.3 is 0 Å². The molecule has 2 aliphatic carbocycles. The van der Waals surface area contributed by atoms with E-state index in [1.165, 1.54) is 6.92 Å². The molecule has 2 atom stereocenters. The van der Waals surface area contributed by atoms with Gasteiger partial charge in [-0.1, -0.05) is 6.07 Å². The van der Waals surface area contributed by atoms with Gasteiger partial charge in [0, 0.05) is 25.5 Å². The molecule has 47 heavy (non-hydrogen) atoms. The third-order valence-corrected chi connectivity index (χ3v) is 8.87. The number of benzene rings is 2. The molecule has 0 aliphatic heterocycles. The van der Waals surface area contributed by atoms with Crippen LogP contribution in [0.15, 0.2) is 41.2 Å². The van der Waals surface area contributed by atoms with E-state index in [4.69, 9.17) is 23.7 Å². The summed E-state index contributed by atoms with van der Waals surface area (Å²) in [6.45, 7) is 1.89. The van der Waals surface area contributed by atoms with Crippen LogP contribution >= 0.6 is 0 Å². The fourth-order valence-corrected chi connectivity index (χ4v) is 6.68. The minimum absolute atomic E-state index is 0.0571. The lowest BCUT2D eigenvalue weighted by atomic mass is 9.95. The van der Waals surface area contributed by atoms with Crippen molar-refractivity contribution in [3.05, 3.63) is 68.9 Å². The molecule has 0 radical (unpaired) electrons. The Bertz CT molecular complexity index is 1720. The molecular formula is C36H43N3O8. The second kappa shape index (κ2) is 14.7. The van der Waals surface area contributed by atoms with Crippen LogP contribution in [0.2, 0.25) is 0 Å². The number of methoxy groups -OCH3 is 5. The Hall–Kier alpha value is -4.93. The zero-order valence-electron chi connectivity index (χ0n) is 27.8. The third-order valence-electron chi connectivity index (χ3n) is 8.87. The van der Waals surface area contributed by atoms with Gasteiger partial charge in [-0.2, -0.15) is 0 Å². The van der Waals surface area contributed by atoms with Gasteiger partial charge in [0.15, 0.2) is 23.0 Å². The summed E-state index contributed by atoms with van der Waals surface area (Å²) >= 11 is 0. The highest BCUT2D eigenvalue weighted by Gasteiger charge is 2.30. The Labute approximate surface area is 274 Å². The van der Waals surface area contributed by atoms with Crippen LogP contribution in [-0.2, 0) is 22.4 Å². The van der Waals surface area contributed by atoms with E-state index in [1.807, 2.05) is 24.3 Å². The highest BCUT2D eigenvalue weighted by atomic mass is 16.5. The highest BCUT2D eigenvalue weighted by molar-refractivity contribution is 5.84. The minimum atomic E-state index is -0.394. The Balaban J connectivity index is 1.34. The van der Waals surface area contributed by atoms with Gasteiger partial charge in [0.1, 0.15) is 0 Å². The third kappa shape index (κ3) is 6.94. The summed E-state index contributed by atoms with van der Waals surface area (Å²) in [6, 6.07) is 10.6. The van der Waals surface area contributed by atoms with Crippen molar-refractivity contribution in [2.75, 3.05) is 47.4 Å². The van der Waals surface area contributed by atoms with Gasteiger partial charge in [-0.05, 0) is 90.3 Å². The number of hydrogen-bond acceptors (Lipinski definition) is 9. The van der Waals surface area contributed by atoms with Crippen molar-refractivity contribution in [3.63, 3.8) is 0 Å². The van der Waals surface area contributed by atoms with Gasteiger partial charge in [0.05, 0.1) is 53.3 Å². The maximum Gasteiger partial charge on any atom is 0.220 e. The number of rotatable bonds is 12.